The molecule has 0 amide bonds. The third-order valence-corrected chi connectivity index (χ3v) is 6.92. The van der Waals surface area contributed by atoms with Crippen molar-refractivity contribution < 1.29 is 0 Å². The van der Waals surface area contributed by atoms with Gasteiger partial charge in [-0.2, -0.15) is 5.10 Å². The van der Waals surface area contributed by atoms with Gasteiger partial charge in [-0.3, -0.25) is 4.68 Å². The van der Waals surface area contributed by atoms with Crippen LogP contribution in [-0.2, 0) is 7.05 Å². The van der Waals surface area contributed by atoms with E-state index in [4.69, 9.17) is 5.41 Å². The quantitative estimate of drug-likeness (QED) is 0.565. The normalized spacial score (nSPS) is 23.2. The summed E-state index contributed by atoms with van der Waals surface area (Å²) in [5.74, 6) is 1.21. The van der Waals surface area contributed by atoms with Crippen LogP contribution in [0.1, 0.15) is 31.9 Å². The maximum atomic E-state index is 7.65. The Kier molecular flexibility index (Phi) is 5.41. The van der Waals surface area contributed by atoms with Gasteiger partial charge in [-0.1, -0.05) is 18.9 Å². The number of aryl methyl sites for hydroxylation is 1. The molecule has 2 aliphatic heterocycles. The molecule has 6 nitrogen and oxygen atoms in total. The van der Waals surface area contributed by atoms with Crippen molar-refractivity contribution >= 4 is 23.9 Å². The third-order valence-electron chi connectivity index (χ3n) is 5.44. The van der Waals surface area contributed by atoms with Crippen LogP contribution in [-0.4, -0.2) is 61.1 Å². The molecule has 2 aromatic rings. The summed E-state index contributed by atoms with van der Waals surface area (Å²) in [6.45, 7) is 4.32. The third kappa shape index (κ3) is 3.71. The zero-order valence-electron chi connectivity index (χ0n) is 16.1. The standard InChI is InChI=1S/C20H28N6S/c1-3-8-27-26-17-4-5-18(26)14-25(13-17)20(6-7-21)19-9-15(10-22-19)16-11-23-24(2)12-16/h6-7,9-12,17-18,21-22H,3-5,8,13-14H2,1-2H3/b20-6+,21-7?. The highest BCUT2D eigenvalue weighted by Crippen LogP contribution is 2.38. The van der Waals surface area contributed by atoms with Crippen molar-refractivity contribution in [2.45, 2.75) is 38.3 Å². The first-order chi connectivity index (χ1) is 13.2. The summed E-state index contributed by atoms with van der Waals surface area (Å²) >= 11 is 2.03. The molecule has 4 rings (SSSR count). The Morgan fingerprint density at radius 2 is 2.11 bits per heavy atom. The number of allylic oxidation sites excluding steroid dienone is 1. The first-order valence-electron chi connectivity index (χ1n) is 9.74. The van der Waals surface area contributed by atoms with Crippen LogP contribution in [0.3, 0.4) is 0 Å². The fourth-order valence-electron chi connectivity index (χ4n) is 4.19. The second-order valence-corrected chi connectivity index (χ2v) is 8.49. The van der Waals surface area contributed by atoms with Crippen molar-refractivity contribution in [3.8, 4) is 11.1 Å². The van der Waals surface area contributed by atoms with Crippen molar-refractivity contribution in [3.63, 3.8) is 0 Å². The van der Waals surface area contributed by atoms with Crippen LogP contribution in [0.25, 0.3) is 16.8 Å². The Morgan fingerprint density at radius 1 is 1.33 bits per heavy atom. The van der Waals surface area contributed by atoms with Crippen molar-refractivity contribution in [3.05, 3.63) is 36.4 Å². The lowest BCUT2D eigenvalue weighted by molar-refractivity contribution is 0.192. The van der Waals surface area contributed by atoms with Crippen LogP contribution in [0, 0.1) is 5.41 Å². The SMILES string of the molecule is CCCSN1C2CCC1CN(/C(=C/C=N)c1cc(-c3cnn(C)c3)c[nH]1)C2. The van der Waals surface area contributed by atoms with Crippen molar-refractivity contribution in [1.29, 1.82) is 5.41 Å². The monoisotopic (exact) mass is 384 g/mol. The van der Waals surface area contributed by atoms with Gasteiger partial charge in [0.25, 0.3) is 0 Å². The molecule has 0 radical (unpaired) electrons. The molecule has 2 fully saturated rings. The molecule has 2 bridgehead atoms. The number of nitrogens with one attached hydrogen (secondary N) is 2. The number of fused-ring (bicyclic) bond motifs is 2. The average molecular weight is 385 g/mol. The Hall–Kier alpha value is -1.99. The van der Waals surface area contributed by atoms with Gasteiger partial charge in [-0.15, -0.1) is 0 Å². The maximum Gasteiger partial charge on any atom is 0.0625 e. The summed E-state index contributed by atoms with van der Waals surface area (Å²) in [6.07, 6.45) is 13.1. The first kappa shape index (κ1) is 18.4. The van der Waals surface area contributed by atoms with Crippen molar-refractivity contribution in [2.75, 3.05) is 18.8 Å². The molecule has 0 aromatic carbocycles. The van der Waals surface area contributed by atoms with Crippen molar-refractivity contribution in [2.24, 2.45) is 7.05 Å². The molecule has 2 unspecified atom stereocenters. The van der Waals surface area contributed by atoms with Gasteiger partial charge in [0.15, 0.2) is 0 Å². The van der Waals surface area contributed by atoms with E-state index in [9.17, 15) is 0 Å². The number of aromatic amines is 1. The molecule has 0 aliphatic carbocycles. The summed E-state index contributed by atoms with van der Waals surface area (Å²) in [4.78, 5) is 5.89. The number of piperazine rings is 1. The number of H-pyrrole nitrogens is 1. The number of nitrogens with zero attached hydrogens (tertiary/aromatic N) is 4. The Morgan fingerprint density at radius 3 is 2.74 bits per heavy atom. The van der Waals surface area contributed by atoms with Gasteiger partial charge in [0.1, 0.15) is 0 Å². The van der Waals surface area contributed by atoms with Crippen LogP contribution in [0.4, 0.5) is 0 Å². The molecule has 2 atom stereocenters. The van der Waals surface area contributed by atoms with E-state index in [2.05, 4.69) is 32.3 Å². The van der Waals surface area contributed by atoms with Crippen LogP contribution in [0.15, 0.2) is 30.7 Å². The minimum absolute atomic E-state index is 0.613. The topological polar surface area (TPSA) is 63.9 Å². The van der Waals surface area contributed by atoms with E-state index in [1.165, 1.54) is 31.2 Å². The average Bonchev–Trinajstić information content (AvgIpc) is 3.36. The van der Waals surface area contributed by atoms with E-state index in [0.717, 1.165) is 35.6 Å². The van der Waals surface area contributed by atoms with Crippen LogP contribution in [0.2, 0.25) is 0 Å². The van der Waals surface area contributed by atoms with E-state index in [-0.39, 0.29) is 0 Å². The number of rotatable bonds is 7. The second-order valence-electron chi connectivity index (χ2n) is 7.41. The fourth-order valence-corrected chi connectivity index (χ4v) is 5.35. The number of hydrogen-bond donors (Lipinski definition) is 2. The molecular formula is C20H28N6S. The molecule has 7 heteroatoms. The van der Waals surface area contributed by atoms with Crippen molar-refractivity contribution in [1.82, 2.24) is 24.0 Å². The smallest absolute Gasteiger partial charge is 0.0625 e. The van der Waals surface area contributed by atoms with Gasteiger partial charge in [0.05, 0.1) is 17.6 Å². The molecule has 4 heterocycles. The van der Waals surface area contributed by atoms with E-state index in [1.807, 2.05) is 48.3 Å². The largest absolute Gasteiger partial charge is 0.367 e. The molecule has 0 saturated carbocycles. The number of likely N-dealkylation sites (tertiary alicyclic amines) is 1. The number of aromatic nitrogens is 3. The Balaban J connectivity index is 1.54. The highest BCUT2D eigenvalue weighted by molar-refractivity contribution is 7.97. The minimum atomic E-state index is 0.613. The first-order valence-corrected chi connectivity index (χ1v) is 10.7. The zero-order chi connectivity index (χ0) is 18.8. The number of hydrogen-bond acceptors (Lipinski definition) is 5. The highest BCUT2D eigenvalue weighted by Gasteiger charge is 2.40. The molecule has 2 N–H and O–H groups in total. The molecule has 144 valence electrons. The predicted octanol–water partition coefficient (Wildman–Crippen LogP) is 3.61. The lowest BCUT2D eigenvalue weighted by Crippen LogP contribution is -2.50. The summed E-state index contributed by atoms with van der Waals surface area (Å²) in [7, 11) is 1.93. The van der Waals surface area contributed by atoms with Gasteiger partial charge in [-0.25, -0.2) is 4.31 Å². The Bertz CT molecular complexity index is 808. The van der Waals surface area contributed by atoms with E-state index in [1.54, 1.807) is 0 Å². The molecule has 2 aromatic heterocycles. The lowest BCUT2D eigenvalue weighted by Gasteiger charge is -2.42. The maximum absolute atomic E-state index is 7.65. The van der Waals surface area contributed by atoms with Gasteiger partial charge in [0.2, 0.25) is 0 Å². The Labute approximate surface area is 165 Å². The molecule has 0 spiro atoms. The van der Waals surface area contributed by atoms with Crippen LogP contribution >= 0.6 is 11.9 Å². The predicted molar refractivity (Wildman–Crippen MR) is 113 cm³/mol. The van der Waals surface area contributed by atoms with E-state index < -0.39 is 0 Å². The fraction of sp³-hybridized carbons (Fsp3) is 0.500. The van der Waals surface area contributed by atoms with Gasteiger partial charge < -0.3 is 15.3 Å². The van der Waals surface area contributed by atoms with Gasteiger partial charge >= 0.3 is 0 Å². The summed E-state index contributed by atoms with van der Waals surface area (Å²) in [5, 5.41) is 11.9. The minimum Gasteiger partial charge on any atom is -0.367 e. The highest BCUT2D eigenvalue weighted by atomic mass is 32.2. The molecule has 2 aliphatic rings. The van der Waals surface area contributed by atoms with Crippen LogP contribution in [0.5, 0.6) is 0 Å². The summed E-state index contributed by atoms with van der Waals surface area (Å²) < 4.78 is 4.47. The van der Waals surface area contributed by atoms with Gasteiger partial charge in [-0.05, 0) is 31.4 Å². The summed E-state index contributed by atoms with van der Waals surface area (Å²) in [6, 6.07) is 3.40. The lowest BCUT2D eigenvalue weighted by atomic mass is 10.1. The molecule has 2 saturated heterocycles. The zero-order valence-corrected chi connectivity index (χ0v) is 16.9. The van der Waals surface area contributed by atoms with Crippen LogP contribution < -0.4 is 0 Å². The van der Waals surface area contributed by atoms with Gasteiger partial charge in [0, 0.05) is 67.7 Å². The second kappa shape index (κ2) is 7.94. The van der Waals surface area contributed by atoms with E-state index >= 15 is 0 Å². The molecular weight excluding hydrogens is 356 g/mol. The van der Waals surface area contributed by atoms with E-state index in [0.29, 0.717) is 12.1 Å². The summed E-state index contributed by atoms with van der Waals surface area (Å²) in [5.41, 5.74) is 4.44. The molecule has 27 heavy (non-hydrogen) atoms.